The molecule has 1 aromatic carbocycles. The van der Waals surface area contributed by atoms with E-state index in [0.29, 0.717) is 10.3 Å². The van der Waals surface area contributed by atoms with Crippen molar-refractivity contribution in [3.63, 3.8) is 0 Å². The van der Waals surface area contributed by atoms with Crippen molar-refractivity contribution in [2.45, 2.75) is 19.9 Å². The molecule has 0 aliphatic heterocycles. The summed E-state index contributed by atoms with van der Waals surface area (Å²) >= 11 is 5.12. The van der Waals surface area contributed by atoms with Crippen LogP contribution in [0.2, 0.25) is 0 Å². The normalized spacial score (nSPS) is 11.0. The minimum Gasteiger partial charge on any atom is -0.330 e. The molecule has 0 radical (unpaired) electrons. The van der Waals surface area contributed by atoms with Crippen LogP contribution in [-0.4, -0.2) is 9.55 Å². The van der Waals surface area contributed by atoms with Gasteiger partial charge >= 0.3 is 0 Å². The fraction of sp³-hybridized carbons (Fsp3) is 0.300. The van der Waals surface area contributed by atoms with Crippen LogP contribution in [0.4, 0.5) is 4.39 Å². The van der Waals surface area contributed by atoms with Gasteiger partial charge in [-0.2, -0.15) is 0 Å². The zero-order chi connectivity index (χ0) is 10.1. The van der Waals surface area contributed by atoms with Gasteiger partial charge < -0.3 is 9.55 Å². The molecule has 1 heterocycles. The molecule has 2 rings (SSSR count). The summed E-state index contributed by atoms with van der Waals surface area (Å²) in [6.07, 6.45) is 0.940. The molecule has 0 aliphatic carbocycles. The van der Waals surface area contributed by atoms with E-state index in [1.165, 1.54) is 6.07 Å². The first-order chi connectivity index (χ1) is 6.74. The highest BCUT2D eigenvalue weighted by Crippen LogP contribution is 2.17. The van der Waals surface area contributed by atoms with Gasteiger partial charge in [-0.25, -0.2) is 4.39 Å². The quantitative estimate of drug-likeness (QED) is 0.754. The number of hydrogen-bond acceptors (Lipinski definition) is 1. The van der Waals surface area contributed by atoms with Gasteiger partial charge in [0, 0.05) is 6.54 Å². The van der Waals surface area contributed by atoms with Crippen molar-refractivity contribution >= 4 is 23.3 Å². The van der Waals surface area contributed by atoms with E-state index in [0.717, 1.165) is 18.5 Å². The smallest absolute Gasteiger partial charge is 0.178 e. The maximum atomic E-state index is 13.5. The zero-order valence-electron chi connectivity index (χ0n) is 7.88. The molecule has 0 saturated heterocycles. The molecular weight excluding hydrogens is 199 g/mol. The zero-order valence-corrected chi connectivity index (χ0v) is 8.70. The summed E-state index contributed by atoms with van der Waals surface area (Å²) in [7, 11) is 0. The molecule has 0 unspecified atom stereocenters. The Morgan fingerprint density at radius 1 is 1.50 bits per heavy atom. The van der Waals surface area contributed by atoms with Crippen molar-refractivity contribution in [1.82, 2.24) is 9.55 Å². The molecule has 0 fully saturated rings. The number of para-hydroxylation sites is 1. The van der Waals surface area contributed by atoms with Gasteiger partial charge in [0.2, 0.25) is 0 Å². The standard InChI is InChI=1S/C10H11FN2S/c1-2-6-13-9-7(11)4-3-5-8(9)12-10(13)14/h3-5H,2,6H2,1H3,(H,12,14). The average molecular weight is 210 g/mol. The number of aryl methyl sites for hydroxylation is 1. The molecule has 0 saturated carbocycles. The number of halogens is 1. The van der Waals surface area contributed by atoms with Crippen molar-refractivity contribution in [3.8, 4) is 0 Å². The van der Waals surface area contributed by atoms with Crippen molar-refractivity contribution in [2.75, 3.05) is 0 Å². The average Bonchev–Trinajstić information content (AvgIpc) is 2.45. The first kappa shape index (κ1) is 9.40. The van der Waals surface area contributed by atoms with E-state index in [-0.39, 0.29) is 5.82 Å². The van der Waals surface area contributed by atoms with Crippen LogP contribution in [0.25, 0.3) is 11.0 Å². The third-order valence-electron chi connectivity index (χ3n) is 2.19. The first-order valence-electron chi connectivity index (χ1n) is 4.61. The Labute approximate surface area is 86.4 Å². The van der Waals surface area contributed by atoms with Crippen LogP contribution in [0.15, 0.2) is 18.2 Å². The number of aromatic nitrogens is 2. The SMILES string of the molecule is CCCn1c(=S)[nH]c2cccc(F)c21. The van der Waals surface area contributed by atoms with Crippen LogP contribution in [0.3, 0.4) is 0 Å². The van der Waals surface area contributed by atoms with Gasteiger partial charge in [0.15, 0.2) is 4.77 Å². The van der Waals surface area contributed by atoms with E-state index in [1.54, 1.807) is 10.6 Å². The Kier molecular flexibility index (Phi) is 2.37. The van der Waals surface area contributed by atoms with E-state index in [4.69, 9.17) is 12.2 Å². The fourth-order valence-electron chi connectivity index (χ4n) is 1.61. The molecule has 1 aromatic heterocycles. The second kappa shape index (κ2) is 3.53. The fourth-order valence-corrected chi connectivity index (χ4v) is 1.90. The molecule has 0 aliphatic rings. The molecule has 0 bridgehead atoms. The minimum absolute atomic E-state index is 0.219. The van der Waals surface area contributed by atoms with Crippen LogP contribution in [-0.2, 0) is 6.54 Å². The van der Waals surface area contributed by atoms with E-state index >= 15 is 0 Å². The summed E-state index contributed by atoms with van der Waals surface area (Å²) < 4.78 is 15.9. The number of benzene rings is 1. The minimum atomic E-state index is -0.219. The molecule has 4 heteroatoms. The molecular formula is C10H11FN2S. The topological polar surface area (TPSA) is 20.7 Å². The van der Waals surface area contributed by atoms with Gasteiger partial charge in [0.05, 0.1) is 5.52 Å². The van der Waals surface area contributed by atoms with Gasteiger partial charge in [-0.05, 0) is 30.8 Å². The van der Waals surface area contributed by atoms with Crippen LogP contribution in [0, 0.1) is 10.6 Å². The number of aromatic amines is 1. The first-order valence-corrected chi connectivity index (χ1v) is 5.02. The molecule has 14 heavy (non-hydrogen) atoms. The van der Waals surface area contributed by atoms with Crippen LogP contribution < -0.4 is 0 Å². The summed E-state index contributed by atoms with van der Waals surface area (Å²) in [4.78, 5) is 2.99. The van der Waals surface area contributed by atoms with Crippen molar-refractivity contribution in [1.29, 1.82) is 0 Å². The predicted octanol–water partition coefficient (Wildman–Crippen LogP) is 3.25. The third kappa shape index (κ3) is 1.35. The van der Waals surface area contributed by atoms with Gasteiger partial charge in [0.25, 0.3) is 0 Å². The highest BCUT2D eigenvalue weighted by atomic mass is 32.1. The van der Waals surface area contributed by atoms with E-state index in [1.807, 2.05) is 13.0 Å². The van der Waals surface area contributed by atoms with Crippen molar-refractivity contribution in [2.24, 2.45) is 0 Å². The number of fused-ring (bicyclic) bond motifs is 1. The number of nitrogens with zero attached hydrogens (tertiary/aromatic N) is 1. The van der Waals surface area contributed by atoms with Crippen LogP contribution >= 0.6 is 12.2 Å². The number of H-pyrrole nitrogens is 1. The molecule has 1 N–H and O–H groups in total. The summed E-state index contributed by atoms with van der Waals surface area (Å²) in [5, 5.41) is 0. The lowest BCUT2D eigenvalue weighted by Crippen LogP contribution is -1.97. The molecule has 74 valence electrons. The lowest BCUT2D eigenvalue weighted by molar-refractivity contribution is 0.616. The van der Waals surface area contributed by atoms with E-state index in [9.17, 15) is 4.39 Å². The number of imidazole rings is 1. The van der Waals surface area contributed by atoms with Crippen molar-refractivity contribution < 1.29 is 4.39 Å². The molecule has 0 atom stereocenters. The van der Waals surface area contributed by atoms with Gasteiger partial charge in [-0.3, -0.25) is 0 Å². The third-order valence-corrected chi connectivity index (χ3v) is 2.51. The summed E-state index contributed by atoms with van der Waals surface area (Å²) in [6.45, 7) is 2.79. The summed E-state index contributed by atoms with van der Waals surface area (Å²) in [6, 6.07) is 4.97. The molecule has 0 spiro atoms. The second-order valence-corrected chi connectivity index (χ2v) is 3.60. The number of hydrogen-bond donors (Lipinski definition) is 1. The highest BCUT2D eigenvalue weighted by molar-refractivity contribution is 7.71. The van der Waals surface area contributed by atoms with Gasteiger partial charge in [-0.15, -0.1) is 0 Å². The molecule has 0 amide bonds. The second-order valence-electron chi connectivity index (χ2n) is 3.22. The summed E-state index contributed by atoms with van der Waals surface area (Å²) in [5.41, 5.74) is 1.35. The van der Waals surface area contributed by atoms with Crippen LogP contribution in [0.1, 0.15) is 13.3 Å². The Morgan fingerprint density at radius 3 is 3.00 bits per heavy atom. The lowest BCUT2D eigenvalue weighted by atomic mass is 10.3. The number of nitrogens with one attached hydrogen (secondary N) is 1. The highest BCUT2D eigenvalue weighted by Gasteiger charge is 2.07. The predicted molar refractivity (Wildman–Crippen MR) is 57.4 cm³/mol. The maximum Gasteiger partial charge on any atom is 0.178 e. The Balaban J connectivity index is 2.79. The summed E-state index contributed by atoms with van der Waals surface area (Å²) in [5.74, 6) is -0.219. The van der Waals surface area contributed by atoms with Gasteiger partial charge in [0.1, 0.15) is 11.3 Å². The van der Waals surface area contributed by atoms with Crippen LogP contribution in [0.5, 0.6) is 0 Å². The molecule has 2 nitrogen and oxygen atoms in total. The van der Waals surface area contributed by atoms with Gasteiger partial charge in [-0.1, -0.05) is 13.0 Å². The Bertz CT molecular complexity index is 512. The van der Waals surface area contributed by atoms with E-state index in [2.05, 4.69) is 4.98 Å². The monoisotopic (exact) mass is 210 g/mol. The maximum absolute atomic E-state index is 13.5. The Morgan fingerprint density at radius 2 is 2.29 bits per heavy atom. The largest absolute Gasteiger partial charge is 0.330 e. The number of rotatable bonds is 2. The van der Waals surface area contributed by atoms with E-state index < -0.39 is 0 Å². The van der Waals surface area contributed by atoms with Crippen molar-refractivity contribution in [3.05, 3.63) is 28.8 Å². The molecule has 2 aromatic rings. The Hall–Kier alpha value is -1.16. The lowest BCUT2D eigenvalue weighted by Gasteiger charge is -2.01.